The van der Waals surface area contributed by atoms with Crippen LogP contribution in [0.3, 0.4) is 0 Å². The molecule has 2 nitrogen and oxygen atoms in total. The minimum Gasteiger partial charge on any atom is -0.296 e. The highest BCUT2D eigenvalue weighted by Gasteiger charge is 2.40. The van der Waals surface area contributed by atoms with Gasteiger partial charge in [0, 0.05) is 18.6 Å². The Morgan fingerprint density at radius 3 is 2.07 bits per heavy atom. The number of hydrogen-bond donors (Lipinski definition) is 0. The summed E-state index contributed by atoms with van der Waals surface area (Å²) in [5, 5.41) is 9.07. The first-order valence-corrected chi connectivity index (χ1v) is 5.87. The third kappa shape index (κ3) is 1.66. The van der Waals surface area contributed by atoms with Crippen LogP contribution in [0.25, 0.3) is 0 Å². The second-order valence-electron chi connectivity index (χ2n) is 5.14. The Labute approximate surface area is 86.9 Å². The van der Waals surface area contributed by atoms with Crippen LogP contribution >= 0.6 is 0 Å². The predicted molar refractivity (Wildman–Crippen MR) is 56.7 cm³/mol. The topological polar surface area (TPSA) is 27.0 Å². The summed E-state index contributed by atoms with van der Waals surface area (Å²) in [6.45, 7) is 5.33. The lowest BCUT2D eigenvalue weighted by Gasteiger charge is -2.25. The molecule has 0 aromatic heterocycles. The lowest BCUT2D eigenvalue weighted by Crippen LogP contribution is -2.34. The molecule has 78 valence electrons. The third-order valence-corrected chi connectivity index (χ3v) is 3.98. The fourth-order valence-electron chi connectivity index (χ4n) is 2.95. The van der Waals surface area contributed by atoms with E-state index in [0.29, 0.717) is 5.92 Å². The monoisotopic (exact) mass is 192 g/mol. The molecule has 0 aliphatic carbocycles. The fraction of sp³-hybridized carbons (Fsp3) is 0.917. The molecule has 2 rings (SSSR count). The Balaban J connectivity index is 1.94. The van der Waals surface area contributed by atoms with E-state index >= 15 is 0 Å². The molecule has 2 aliphatic heterocycles. The molecule has 0 spiro atoms. The van der Waals surface area contributed by atoms with Gasteiger partial charge in [-0.3, -0.25) is 4.90 Å². The van der Waals surface area contributed by atoms with E-state index < -0.39 is 0 Å². The van der Waals surface area contributed by atoms with Crippen molar-refractivity contribution in [2.45, 2.75) is 51.6 Å². The van der Waals surface area contributed by atoms with E-state index in [2.05, 4.69) is 24.8 Å². The number of hydrogen-bond acceptors (Lipinski definition) is 2. The van der Waals surface area contributed by atoms with Crippen LogP contribution in [0.15, 0.2) is 0 Å². The Morgan fingerprint density at radius 2 is 1.71 bits per heavy atom. The van der Waals surface area contributed by atoms with Gasteiger partial charge < -0.3 is 0 Å². The molecule has 2 heterocycles. The van der Waals surface area contributed by atoms with Gasteiger partial charge in [0.05, 0.1) is 12.0 Å². The number of fused-ring (bicyclic) bond motifs is 2. The lowest BCUT2D eigenvalue weighted by molar-refractivity contribution is 0.210. The van der Waals surface area contributed by atoms with Gasteiger partial charge in [0.1, 0.15) is 0 Å². The predicted octanol–water partition coefficient (Wildman–Crippen LogP) is 2.41. The van der Waals surface area contributed by atoms with Crippen molar-refractivity contribution >= 4 is 0 Å². The highest BCUT2D eigenvalue weighted by atomic mass is 15.2. The van der Waals surface area contributed by atoms with Crippen LogP contribution in [-0.4, -0.2) is 23.5 Å². The van der Waals surface area contributed by atoms with Gasteiger partial charge in [-0.25, -0.2) is 0 Å². The molecule has 2 bridgehead atoms. The minimum absolute atomic E-state index is 0.233. The highest BCUT2D eigenvalue weighted by Crippen LogP contribution is 2.38. The molecule has 2 aliphatic rings. The van der Waals surface area contributed by atoms with Crippen molar-refractivity contribution in [3.8, 4) is 6.07 Å². The van der Waals surface area contributed by atoms with Crippen molar-refractivity contribution in [2.24, 2.45) is 11.8 Å². The average Bonchev–Trinajstić information content (AvgIpc) is 2.72. The van der Waals surface area contributed by atoms with E-state index in [1.807, 2.05) is 0 Å². The summed E-state index contributed by atoms with van der Waals surface area (Å²) in [4.78, 5) is 2.61. The van der Waals surface area contributed by atoms with Crippen molar-refractivity contribution < 1.29 is 0 Å². The van der Waals surface area contributed by atoms with Crippen LogP contribution in [0.1, 0.15) is 39.5 Å². The summed E-state index contributed by atoms with van der Waals surface area (Å²) in [6.07, 6.45) is 5.50. The molecule has 0 aromatic carbocycles. The van der Waals surface area contributed by atoms with Crippen molar-refractivity contribution in [1.29, 1.82) is 5.26 Å². The second kappa shape index (κ2) is 3.90. The van der Waals surface area contributed by atoms with Crippen LogP contribution in [-0.2, 0) is 0 Å². The number of rotatable bonds is 3. The first-order chi connectivity index (χ1) is 6.72. The molecule has 0 aromatic rings. The Morgan fingerprint density at radius 1 is 1.21 bits per heavy atom. The maximum atomic E-state index is 9.07. The molecular weight excluding hydrogens is 172 g/mol. The SMILES string of the molecule is CC(C)C(C#N)CN1C2CCC1CC2. The van der Waals surface area contributed by atoms with E-state index in [9.17, 15) is 0 Å². The quantitative estimate of drug-likeness (QED) is 0.686. The van der Waals surface area contributed by atoms with Gasteiger partial charge in [-0.2, -0.15) is 5.26 Å². The molecular formula is C12H20N2. The zero-order chi connectivity index (χ0) is 10.1. The van der Waals surface area contributed by atoms with Gasteiger partial charge in [0.15, 0.2) is 0 Å². The molecule has 0 amide bonds. The zero-order valence-electron chi connectivity index (χ0n) is 9.24. The van der Waals surface area contributed by atoms with E-state index in [1.165, 1.54) is 25.7 Å². The van der Waals surface area contributed by atoms with E-state index in [4.69, 9.17) is 5.26 Å². The smallest absolute Gasteiger partial charge is 0.0672 e. The van der Waals surface area contributed by atoms with Gasteiger partial charge >= 0.3 is 0 Å². The maximum absolute atomic E-state index is 9.07. The molecule has 14 heavy (non-hydrogen) atoms. The molecule has 2 heteroatoms. The van der Waals surface area contributed by atoms with Gasteiger partial charge in [-0.15, -0.1) is 0 Å². The van der Waals surface area contributed by atoms with Crippen LogP contribution in [0, 0.1) is 23.2 Å². The van der Waals surface area contributed by atoms with Crippen LogP contribution in [0.5, 0.6) is 0 Å². The van der Waals surface area contributed by atoms with E-state index in [-0.39, 0.29) is 5.92 Å². The standard InChI is InChI=1S/C12H20N2/c1-9(2)10(7-13)8-14-11-3-4-12(14)6-5-11/h9-12H,3-6,8H2,1-2H3. The largest absolute Gasteiger partial charge is 0.296 e. The fourth-order valence-corrected chi connectivity index (χ4v) is 2.95. The molecule has 1 atom stereocenters. The van der Waals surface area contributed by atoms with Gasteiger partial charge in [0.25, 0.3) is 0 Å². The lowest BCUT2D eigenvalue weighted by atomic mass is 9.97. The molecule has 0 saturated carbocycles. The average molecular weight is 192 g/mol. The summed E-state index contributed by atoms with van der Waals surface area (Å²) in [7, 11) is 0. The van der Waals surface area contributed by atoms with Crippen LogP contribution < -0.4 is 0 Å². The van der Waals surface area contributed by atoms with Crippen molar-refractivity contribution in [1.82, 2.24) is 4.90 Å². The normalized spacial score (nSPS) is 33.6. The summed E-state index contributed by atoms with van der Waals surface area (Å²) in [5.74, 6) is 0.733. The Bertz CT molecular complexity index is 221. The van der Waals surface area contributed by atoms with Crippen LogP contribution in [0.2, 0.25) is 0 Å². The van der Waals surface area contributed by atoms with Crippen molar-refractivity contribution in [2.75, 3.05) is 6.54 Å². The first-order valence-electron chi connectivity index (χ1n) is 5.87. The van der Waals surface area contributed by atoms with Gasteiger partial charge in [0.2, 0.25) is 0 Å². The second-order valence-corrected chi connectivity index (χ2v) is 5.14. The summed E-state index contributed by atoms with van der Waals surface area (Å²) < 4.78 is 0. The van der Waals surface area contributed by atoms with Crippen molar-refractivity contribution in [3.05, 3.63) is 0 Å². The molecule has 2 saturated heterocycles. The Kier molecular flexibility index (Phi) is 2.78. The minimum atomic E-state index is 0.233. The van der Waals surface area contributed by atoms with Crippen molar-refractivity contribution in [3.63, 3.8) is 0 Å². The first kappa shape index (κ1) is 9.98. The van der Waals surface area contributed by atoms with E-state index in [0.717, 1.165) is 18.6 Å². The van der Waals surface area contributed by atoms with Crippen LogP contribution in [0.4, 0.5) is 0 Å². The summed E-state index contributed by atoms with van der Waals surface area (Å²) in [5.41, 5.74) is 0. The number of nitrogens with zero attached hydrogens (tertiary/aromatic N) is 2. The maximum Gasteiger partial charge on any atom is 0.0672 e. The van der Waals surface area contributed by atoms with Gasteiger partial charge in [-0.05, 0) is 31.6 Å². The molecule has 2 fully saturated rings. The van der Waals surface area contributed by atoms with Gasteiger partial charge in [-0.1, -0.05) is 13.8 Å². The summed E-state index contributed by atoms with van der Waals surface area (Å²) >= 11 is 0. The highest BCUT2D eigenvalue weighted by molar-refractivity contribution is 4.98. The molecule has 0 N–H and O–H groups in total. The van der Waals surface area contributed by atoms with E-state index in [1.54, 1.807) is 0 Å². The third-order valence-electron chi connectivity index (χ3n) is 3.98. The Hall–Kier alpha value is -0.550. The molecule has 0 radical (unpaired) electrons. The summed E-state index contributed by atoms with van der Waals surface area (Å²) in [6, 6.07) is 4.08. The number of nitriles is 1. The zero-order valence-corrected chi connectivity index (χ0v) is 9.24. The molecule has 1 unspecified atom stereocenters.